The Bertz CT molecular complexity index is 411. The van der Waals surface area contributed by atoms with Crippen LogP contribution >= 0.6 is 31.9 Å². The summed E-state index contributed by atoms with van der Waals surface area (Å²) in [5, 5.41) is 3.31. The molecule has 100 valence electrons. The smallest absolute Gasteiger partial charge is 0.0721 e. The van der Waals surface area contributed by atoms with Gasteiger partial charge in [-0.25, -0.2) is 0 Å². The molecule has 0 bridgehead atoms. The van der Waals surface area contributed by atoms with Crippen LogP contribution in [-0.4, -0.2) is 36.6 Å². The Morgan fingerprint density at radius 2 is 2.28 bits per heavy atom. The predicted octanol–water partition coefficient (Wildman–Crippen LogP) is 3.21. The number of halogens is 2. The third kappa shape index (κ3) is 2.95. The van der Waals surface area contributed by atoms with E-state index in [0.29, 0.717) is 12.0 Å². The van der Waals surface area contributed by atoms with Crippen molar-refractivity contribution in [3.05, 3.63) is 26.9 Å². The fourth-order valence-corrected chi connectivity index (χ4v) is 4.02. The first-order chi connectivity index (χ1) is 8.67. The molecule has 1 N–H and O–H groups in total. The van der Waals surface area contributed by atoms with Crippen LogP contribution in [-0.2, 0) is 0 Å². The van der Waals surface area contributed by atoms with Crippen molar-refractivity contribution < 1.29 is 0 Å². The first-order valence-electron chi connectivity index (χ1n) is 6.37. The van der Waals surface area contributed by atoms with Gasteiger partial charge in [-0.2, -0.15) is 0 Å². The van der Waals surface area contributed by atoms with E-state index < -0.39 is 0 Å². The molecule has 0 radical (unpaired) electrons. The summed E-state index contributed by atoms with van der Waals surface area (Å²) in [5.41, 5.74) is 1.16. The number of likely N-dealkylation sites (tertiary alicyclic amines) is 1. The number of rotatable bonds is 4. The summed E-state index contributed by atoms with van der Waals surface area (Å²) in [4.78, 5) is 7.14. The fraction of sp³-hybridized carbons (Fsp3) is 0.615. The Labute approximate surface area is 126 Å². The van der Waals surface area contributed by atoms with Crippen molar-refractivity contribution in [3.63, 3.8) is 0 Å². The number of nitrogens with one attached hydrogen (secondary N) is 1. The number of pyridine rings is 1. The van der Waals surface area contributed by atoms with Gasteiger partial charge in [-0.15, -0.1) is 0 Å². The van der Waals surface area contributed by atoms with Gasteiger partial charge >= 0.3 is 0 Å². The van der Waals surface area contributed by atoms with E-state index in [9.17, 15) is 0 Å². The van der Waals surface area contributed by atoms with Gasteiger partial charge in [0, 0.05) is 15.1 Å². The third-order valence-electron chi connectivity index (χ3n) is 3.62. The fourth-order valence-electron chi connectivity index (χ4n) is 2.80. The highest BCUT2D eigenvalue weighted by atomic mass is 79.9. The predicted molar refractivity (Wildman–Crippen MR) is 81.7 cm³/mol. The molecule has 1 aromatic rings. The van der Waals surface area contributed by atoms with Gasteiger partial charge in [0.05, 0.1) is 11.7 Å². The maximum Gasteiger partial charge on any atom is 0.0721 e. The standard InChI is InChI=1S/C13H19Br2N3/c1-3-18-5-4-9(7-16-2)13(18)12-11(15)6-10(14)8-17-12/h6,8-9,13,16H,3-5,7H2,1-2H3. The van der Waals surface area contributed by atoms with Crippen LogP contribution in [0.25, 0.3) is 0 Å². The van der Waals surface area contributed by atoms with Crippen molar-refractivity contribution in [2.45, 2.75) is 19.4 Å². The number of hydrogen-bond acceptors (Lipinski definition) is 3. The molecule has 0 saturated carbocycles. The van der Waals surface area contributed by atoms with Gasteiger partial charge in [-0.3, -0.25) is 9.88 Å². The normalized spacial score (nSPS) is 24.7. The molecule has 18 heavy (non-hydrogen) atoms. The minimum absolute atomic E-state index is 0.421. The lowest BCUT2D eigenvalue weighted by Crippen LogP contribution is -2.30. The van der Waals surface area contributed by atoms with Crippen molar-refractivity contribution in [2.75, 3.05) is 26.7 Å². The monoisotopic (exact) mass is 375 g/mol. The van der Waals surface area contributed by atoms with E-state index in [2.05, 4.69) is 60.1 Å². The SMILES string of the molecule is CCN1CCC(CNC)C1c1ncc(Br)cc1Br. The molecule has 3 nitrogen and oxygen atoms in total. The molecule has 5 heteroatoms. The second-order valence-corrected chi connectivity index (χ2v) is 6.47. The first-order valence-corrected chi connectivity index (χ1v) is 7.95. The van der Waals surface area contributed by atoms with Crippen molar-refractivity contribution in [1.29, 1.82) is 0 Å². The zero-order valence-electron chi connectivity index (χ0n) is 10.8. The molecule has 1 aliphatic rings. The molecule has 2 rings (SSSR count). The van der Waals surface area contributed by atoms with Gasteiger partial charge in [0.1, 0.15) is 0 Å². The molecule has 0 spiro atoms. The molecule has 1 aliphatic heterocycles. The Kier molecular flexibility index (Phi) is 5.18. The van der Waals surface area contributed by atoms with Crippen LogP contribution in [0.4, 0.5) is 0 Å². The molecular weight excluding hydrogens is 358 g/mol. The molecule has 2 unspecified atom stereocenters. The summed E-state index contributed by atoms with van der Waals surface area (Å²) in [6.07, 6.45) is 3.13. The van der Waals surface area contributed by atoms with E-state index in [1.54, 1.807) is 0 Å². The first kappa shape index (κ1) is 14.4. The van der Waals surface area contributed by atoms with Crippen molar-refractivity contribution >= 4 is 31.9 Å². The highest BCUT2D eigenvalue weighted by Gasteiger charge is 2.35. The van der Waals surface area contributed by atoms with E-state index in [-0.39, 0.29) is 0 Å². The van der Waals surface area contributed by atoms with Crippen LogP contribution in [0, 0.1) is 5.92 Å². The topological polar surface area (TPSA) is 28.2 Å². The summed E-state index contributed by atoms with van der Waals surface area (Å²) in [6, 6.07) is 2.51. The molecule has 0 amide bonds. The molecular formula is C13H19Br2N3. The van der Waals surface area contributed by atoms with E-state index in [4.69, 9.17) is 0 Å². The summed E-state index contributed by atoms with van der Waals surface area (Å²) in [5.74, 6) is 0.639. The Balaban J connectivity index is 2.31. The van der Waals surface area contributed by atoms with Gasteiger partial charge in [0.2, 0.25) is 0 Å². The van der Waals surface area contributed by atoms with E-state index in [1.807, 2.05) is 13.2 Å². The Hall–Kier alpha value is 0.0300. The summed E-state index contributed by atoms with van der Waals surface area (Å²) in [6.45, 7) is 5.51. The highest BCUT2D eigenvalue weighted by molar-refractivity contribution is 9.11. The minimum atomic E-state index is 0.421. The zero-order valence-corrected chi connectivity index (χ0v) is 14.0. The second-order valence-electron chi connectivity index (χ2n) is 4.70. The highest BCUT2D eigenvalue weighted by Crippen LogP contribution is 2.39. The molecule has 2 heterocycles. The summed E-state index contributed by atoms with van der Waals surface area (Å²) < 4.78 is 2.12. The summed E-state index contributed by atoms with van der Waals surface area (Å²) in [7, 11) is 2.02. The lowest BCUT2D eigenvalue weighted by Gasteiger charge is -2.27. The van der Waals surface area contributed by atoms with Crippen molar-refractivity contribution in [2.24, 2.45) is 5.92 Å². The largest absolute Gasteiger partial charge is 0.319 e. The lowest BCUT2D eigenvalue weighted by atomic mass is 9.97. The Morgan fingerprint density at radius 3 is 2.89 bits per heavy atom. The van der Waals surface area contributed by atoms with Crippen LogP contribution in [0.1, 0.15) is 25.1 Å². The summed E-state index contributed by atoms with van der Waals surface area (Å²) >= 11 is 7.12. The number of aromatic nitrogens is 1. The molecule has 2 atom stereocenters. The molecule has 0 aliphatic carbocycles. The van der Waals surface area contributed by atoms with Gasteiger partial charge in [0.15, 0.2) is 0 Å². The zero-order chi connectivity index (χ0) is 13.1. The molecule has 1 saturated heterocycles. The van der Waals surface area contributed by atoms with Crippen LogP contribution in [0.15, 0.2) is 21.2 Å². The van der Waals surface area contributed by atoms with E-state index in [0.717, 1.165) is 34.3 Å². The lowest BCUT2D eigenvalue weighted by molar-refractivity contribution is 0.232. The average molecular weight is 377 g/mol. The number of nitrogens with zero attached hydrogens (tertiary/aromatic N) is 2. The Morgan fingerprint density at radius 1 is 1.50 bits per heavy atom. The van der Waals surface area contributed by atoms with Crippen LogP contribution in [0.2, 0.25) is 0 Å². The third-order valence-corrected chi connectivity index (χ3v) is 4.68. The van der Waals surface area contributed by atoms with Crippen LogP contribution < -0.4 is 5.32 Å². The minimum Gasteiger partial charge on any atom is -0.319 e. The average Bonchev–Trinajstić information content (AvgIpc) is 2.73. The van der Waals surface area contributed by atoms with Gasteiger partial charge < -0.3 is 5.32 Å². The number of hydrogen-bond donors (Lipinski definition) is 1. The second kappa shape index (κ2) is 6.46. The van der Waals surface area contributed by atoms with Crippen LogP contribution in [0.3, 0.4) is 0 Å². The van der Waals surface area contributed by atoms with Gasteiger partial charge in [0.25, 0.3) is 0 Å². The maximum absolute atomic E-state index is 4.63. The quantitative estimate of drug-likeness (QED) is 0.874. The van der Waals surface area contributed by atoms with E-state index >= 15 is 0 Å². The maximum atomic E-state index is 4.63. The van der Waals surface area contributed by atoms with Crippen LogP contribution in [0.5, 0.6) is 0 Å². The van der Waals surface area contributed by atoms with Crippen molar-refractivity contribution in [3.8, 4) is 0 Å². The molecule has 1 fully saturated rings. The van der Waals surface area contributed by atoms with Crippen molar-refractivity contribution in [1.82, 2.24) is 15.2 Å². The van der Waals surface area contributed by atoms with E-state index in [1.165, 1.54) is 6.42 Å². The van der Waals surface area contributed by atoms with Gasteiger partial charge in [-0.1, -0.05) is 6.92 Å². The molecule has 1 aromatic heterocycles. The molecule has 0 aromatic carbocycles. The van der Waals surface area contributed by atoms with Gasteiger partial charge in [-0.05, 0) is 76.9 Å².